The zero-order chi connectivity index (χ0) is 15.8. The standard InChI is InChI=1S/C14H28N2O2S2/c1-13(2,3)11(16-18-12(17)15-7)10-19-8-9-20-14(4,5)6/h8-10H2,1-7H3,(H,15,17). The van der Waals surface area contributed by atoms with Gasteiger partial charge in [-0.3, -0.25) is 4.84 Å². The van der Waals surface area contributed by atoms with Crippen LogP contribution in [-0.2, 0) is 4.84 Å². The molecule has 0 saturated carbocycles. The molecule has 0 bridgehead atoms. The Morgan fingerprint density at radius 3 is 2.20 bits per heavy atom. The molecule has 0 saturated heterocycles. The molecule has 1 N–H and O–H groups in total. The topological polar surface area (TPSA) is 50.7 Å². The van der Waals surface area contributed by atoms with Gasteiger partial charge in [-0.25, -0.2) is 4.79 Å². The van der Waals surface area contributed by atoms with Crippen LogP contribution in [0.5, 0.6) is 0 Å². The van der Waals surface area contributed by atoms with E-state index in [0.717, 1.165) is 23.0 Å². The van der Waals surface area contributed by atoms with Crippen LogP contribution in [0, 0.1) is 5.41 Å². The summed E-state index contributed by atoms with van der Waals surface area (Å²) in [5.74, 6) is 2.96. The van der Waals surface area contributed by atoms with Crippen LogP contribution in [0.25, 0.3) is 0 Å². The van der Waals surface area contributed by atoms with Gasteiger partial charge in [-0.1, -0.05) is 46.7 Å². The fraction of sp³-hybridized carbons (Fsp3) is 0.857. The smallest absolute Gasteiger partial charge is 0.323 e. The highest BCUT2D eigenvalue weighted by Crippen LogP contribution is 2.25. The number of carbonyl (C=O) groups is 1. The van der Waals surface area contributed by atoms with Crippen molar-refractivity contribution in [2.75, 3.05) is 24.3 Å². The van der Waals surface area contributed by atoms with E-state index in [9.17, 15) is 4.79 Å². The van der Waals surface area contributed by atoms with Gasteiger partial charge in [0.05, 0.1) is 5.71 Å². The molecular weight excluding hydrogens is 292 g/mol. The molecule has 0 heterocycles. The lowest BCUT2D eigenvalue weighted by Gasteiger charge is -2.21. The van der Waals surface area contributed by atoms with Gasteiger partial charge in [-0.15, -0.1) is 0 Å². The number of oxime groups is 1. The van der Waals surface area contributed by atoms with Crippen molar-refractivity contribution >= 4 is 35.3 Å². The number of nitrogens with zero attached hydrogens (tertiary/aromatic N) is 1. The molecule has 0 radical (unpaired) electrons. The van der Waals surface area contributed by atoms with Gasteiger partial charge < -0.3 is 5.32 Å². The average molecular weight is 321 g/mol. The lowest BCUT2D eigenvalue weighted by atomic mass is 9.91. The summed E-state index contributed by atoms with van der Waals surface area (Å²) in [6, 6.07) is 0. The Labute approximate surface area is 131 Å². The molecule has 0 fully saturated rings. The predicted molar refractivity (Wildman–Crippen MR) is 92.0 cm³/mol. The first-order valence-corrected chi connectivity index (χ1v) is 8.88. The number of rotatable bonds is 6. The number of hydrogen-bond donors (Lipinski definition) is 1. The maximum Gasteiger partial charge on any atom is 0.433 e. The number of nitrogens with one attached hydrogen (secondary N) is 1. The fourth-order valence-electron chi connectivity index (χ4n) is 1.10. The molecule has 118 valence electrons. The Morgan fingerprint density at radius 1 is 1.15 bits per heavy atom. The molecule has 0 aliphatic carbocycles. The first-order chi connectivity index (χ1) is 9.06. The average Bonchev–Trinajstić information content (AvgIpc) is 2.29. The molecule has 6 heteroatoms. The van der Waals surface area contributed by atoms with Crippen molar-refractivity contribution in [2.45, 2.75) is 46.3 Å². The SMILES string of the molecule is CNC(=O)ON=C(CSCCSC(C)(C)C)C(C)(C)C. The number of carbonyl (C=O) groups excluding carboxylic acids is 1. The van der Waals surface area contributed by atoms with Crippen LogP contribution >= 0.6 is 23.5 Å². The zero-order valence-corrected chi connectivity index (χ0v) is 15.3. The lowest BCUT2D eigenvalue weighted by Crippen LogP contribution is -2.25. The van der Waals surface area contributed by atoms with Gasteiger partial charge >= 0.3 is 6.09 Å². The van der Waals surface area contributed by atoms with Gasteiger partial charge in [0.25, 0.3) is 0 Å². The van der Waals surface area contributed by atoms with Crippen LogP contribution in [0.1, 0.15) is 41.5 Å². The van der Waals surface area contributed by atoms with Gasteiger partial charge in [-0.05, 0) is 0 Å². The Hall–Kier alpha value is -0.360. The quantitative estimate of drug-likeness (QED) is 0.348. The highest BCUT2D eigenvalue weighted by atomic mass is 32.2. The van der Waals surface area contributed by atoms with Crippen LogP contribution in [0.4, 0.5) is 4.79 Å². The minimum Gasteiger partial charge on any atom is -0.323 e. The highest BCUT2D eigenvalue weighted by Gasteiger charge is 2.20. The van der Waals surface area contributed by atoms with E-state index in [-0.39, 0.29) is 5.41 Å². The molecule has 0 aromatic heterocycles. The van der Waals surface area contributed by atoms with E-state index in [0.29, 0.717) is 4.75 Å². The summed E-state index contributed by atoms with van der Waals surface area (Å²) < 4.78 is 0.309. The summed E-state index contributed by atoms with van der Waals surface area (Å²) >= 11 is 3.78. The van der Waals surface area contributed by atoms with Crippen LogP contribution in [0.15, 0.2) is 5.16 Å². The fourth-order valence-corrected chi connectivity index (χ4v) is 3.34. The van der Waals surface area contributed by atoms with Crippen molar-refractivity contribution in [3.63, 3.8) is 0 Å². The molecule has 0 atom stereocenters. The summed E-state index contributed by atoms with van der Waals surface area (Å²) in [6.07, 6.45) is -0.528. The third kappa shape index (κ3) is 10.4. The maximum absolute atomic E-state index is 11.1. The normalized spacial score (nSPS) is 13.2. The summed E-state index contributed by atoms with van der Waals surface area (Å²) in [5, 5.41) is 6.38. The molecule has 0 rings (SSSR count). The number of amides is 1. The lowest BCUT2D eigenvalue weighted by molar-refractivity contribution is 0.152. The van der Waals surface area contributed by atoms with Crippen molar-refractivity contribution in [3.8, 4) is 0 Å². The van der Waals surface area contributed by atoms with Crippen molar-refractivity contribution in [3.05, 3.63) is 0 Å². The third-order valence-corrected chi connectivity index (χ3v) is 4.81. The predicted octanol–water partition coefficient (Wildman–Crippen LogP) is 4.01. The summed E-state index contributed by atoms with van der Waals surface area (Å²) in [6.45, 7) is 12.9. The van der Waals surface area contributed by atoms with Gasteiger partial charge in [0.15, 0.2) is 0 Å². The maximum atomic E-state index is 11.1. The second-order valence-electron chi connectivity index (χ2n) is 6.43. The summed E-state index contributed by atoms with van der Waals surface area (Å²) in [5.41, 5.74) is 0.796. The Morgan fingerprint density at radius 2 is 1.75 bits per heavy atom. The monoisotopic (exact) mass is 320 g/mol. The van der Waals surface area contributed by atoms with E-state index in [2.05, 4.69) is 52.0 Å². The van der Waals surface area contributed by atoms with E-state index in [1.54, 1.807) is 0 Å². The molecule has 0 aromatic carbocycles. The zero-order valence-electron chi connectivity index (χ0n) is 13.7. The van der Waals surface area contributed by atoms with Crippen molar-refractivity contribution in [1.82, 2.24) is 5.32 Å². The highest BCUT2D eigenvalue weighted by molar-refractivity contribution is 8.03. The molecule has 20 heavy (non-hydrogen) atoms. The van der Waals surface area contributed by atoms with Gasteiger partial charge in [0.2, 0.25) is 0 Å². The van der Waals surface area contributed by atoms with Crippen molar-refractivity contribution < 1.29 is 9.63 Å². The van der Waals surface area contributed by atoms with E-state index in [1.165, 1.54) is 7.05 Å². The van der Waals surface area contributed by atoms with Crippen molar-refractivity contribution in [2.24, 2.45) is 10.6 Å². The molecule has 0 spiro atoms. The largest absolute Gasteiger partial charge is 0.433 e. The Balaban J connectivity index is 4.23. The second-order valence-corrected chi connectivity index (χ2v) is 9.46. The molecule has 0 aromatic rings. The Bertz CT molecular complexity index is 331. The molecule has 0 unspecified atom stereocenters. The first-order valence-electron chi connectivity index (χ1n) is 6.74. The van der Waals surface area contributed by atoms with Crippen LogP contribution in [0.3, 0.4) is 0 Å². The van der Waals surface area contributed by atoms with Gasteiger partial charge in [0.1, 0.15) is 0 Å². The van der Waals surface area contributed by atoms with Crippen LogP contribution < -0.4 is 5.32 Å². The van der Waals surface area contributed by atoms with E-state index in [4.69, 9.17) is 4.84 Å². The van der Waals surface area contributed by atoms with Crippen LogP contribution in [-0.4, -0.2) is 40.9 Å². The first kappa shape index (κ1) is 19.6. The molecule has 1 amide bonds. The van der Waals surface area contributed by atoms with E-state index < -0.39 is 6.09 Å². The second kappa shape index (κ2) is 8.82. The van der Waals surface area contributed by atoms with E-state index in [1.807, 2.05) is 23.5 Å². The minimum absolute atomic E-state index is 0.0990. The number of hydrogen-bond acceptors (Lipinski definition) is 5. The summed E-state index contributed by atoms with van der Waals surface area (Å²) in [4.78, 5) is 15.9. The number of thioether (sulfide) groups is 2. The van der Waals surface area contributed by atoms with Crippen LogP contribution in [0.2, 0.25) is 0 Å². The Kier molecular flexibility index (Phi) is 8.66. The molecule has 0 aliphatic heterocycles. The third-order valence-electron chi connectivity index (χ3n) is 2.31. The molecule has 0 aliphatic rings. The van der Waals surface area contributed by atoms with Gasteiger partial charge in [0, 0.05) is 34.5 Å². The summed E-state index contributed by atoms with van der Waals surface area (Å²) in [7, 11) is 1.52. The van der Waals surface area contributed by atoms with Crippen molar-refractivity contribution in [1.29, 1.82) is 0 Å². The molecular formula is C14H28N2O2S2. The molecule has 4 nitrogen and oxygen atoms in total. The van der Waals surface area contributed by atoms with E-state index >= 15 is 0 Å². The minimum atomic E-state index is -0.528. The van der Waals surface area contributed by atoms with Gasteiger partial charge in [-0.2, -0.15) is 23.5 Å².